The minimum absolute atomic E-state index is 0.185. The van der Waals surface area contributed by atoms with E-state index in [1.165, 1.54) is 0 Å². The highest BCUT2D eigenvalue weighted by molar-refractivity contribution is 7.91. The Hall–Kier alpha value is -2.13. The van der Waals surface area contributed by atoms with Crippen LogP contribution in [0.3, 0.4) is 0 Å². The van der Waals surface area contributed by atoms with Crippen molar-refractivity contribution in [2.45, 2.75) is 32.1 Å². The van der Waals surface area contributed by atoms with Crippen molar-refractivity contribution in [2.75, 3.05) is 24.3 Å². The highest BCUT2D eigenvalue weighted by atomic mass is 32.2. The van der Waals surface area contributed by atoms with Gasteiger partial charge in [-0.15, -0.1) is 0 Å². The van der Waals surface area contributed by atoms with Gasteiger partial charge in [0.2, 0.25) is 10.0 Å². The molecular formula is C16H21N3O5S. The number of benzene rings is 1. The van der Waals surface area contributed by atoms with Gasteiger partial charge in [-0.05, 0) is 35.6 Å². The standard InChI is InChI=1S/C16H21N3O5S/c1-9(2)11-7-14-13(6-12(11)10-4-5-24-8-10)15(20)19(16(21)17-14)18-25(3,22)23/h6-7,9-10,18H,4-5,8H2,1-3H3,(H,17,21). The molecule has 25 heavy (non-hydrogen) atoms. The Balaban J connectivity index is 2.28. The molecule has 1 aromatic carbocycles. The van der Waals surface area contributed by atoms with E-state index >= 15 is 0 Å². The van der Waals surface area contributed by atoms with Crippen LogP contribution < -0.4 is 16.1 Å². The first-order chi connectivity index (χ1) is 11.7. The molecule has 9 heteroatoms. The van der Waals surface area contributed by atoms with Gasteiger partial charge in [0.15, 0.2) is 0 Å². The summed E-state index contributed by atoms with van der Waals surface area (Å²) in [7, 11) is -3.77. The smallest absolute Gasteiger partial charge is 0.348 e. The van der Waals surface area contributed by atoms with Crippen LogP contribution in [0.1, 0.15) is 43.2 Å². The number of hydrogen-bond donors (Lipinski definition) is 2. The van der Waals surface area contributed by atoms with E-state index in [1.54, 1.807) is 12.1 Å². The molecular weight excluding hydrogens is 346 g/mol. The first kappa shape index (κ1) is 17.7. The lowest BCUT2D eigenvalue weighted by Crippen LogP contribution is -2.43. The van der Waals surface area contributed by atoms with Gasteiger partial charge in [-0.25, -0.2) is 18.0 Å². The molecule has 0 amide bonds. The number of nitrogens with one attached hydrogen (secondary N) is 2. The van der Waals surface area contributed by atoms with E-state index in [9.17, 15) is 18.0 Å². The Bertz CT molecular complexity index is 1030. The Morgan fingerprint density at radius 3 is 2.60 bits per heavy atom. The number of aromatic nitrogens is 2. The molecule has 2 N–H and O–H groups in total. The molecule has 1 saturated heterocycles. The summed E-state index contributed by atoms with van der Waals surface area (Å²) in [6.45, 7) is 5.35. The molecule has 0 aliphatic carbocycles. The molecule has 1 fully saturated rings. The lowest BCUT2D eigenvalue weighted by Gasteiger charge is -2.18. The third kappa shape index (κ3) is 3.47. The molecule has 136 valence electrons. The van der Waals surface area contributed by atoms with Gasteiger partial charge < -0.3 is 9.72 Å². The van der Waals surface area contributed by atoms with Gasteiger partial charge in [-0.2, -0.15) is 4.68 Å². The number of nitrogens with zero attached hydrogens (tertiary/aromatic N) is 1. The van der Waals surface area contributed by atoms with Crippen LogP contribution >= 0.6 is 0 Å². The zero-order valence-electron chi connectivity index (χ0n) is 14.3. The average Bonchev–Trinajstić information content (AvgIpc) is 3.03. The van der Waals surface area contributed by atoms with Crippen LogP contribution in [-0.2, 0) is 14.8 Å². The number of rotatable bonds is 4. The summed E-state index contributed by atoms with van der Waals surface area (Å²) in [5, 5.41) is 0.266. The second-order valence-electron chi connectivity index (χ2n) is 6.68. The maximum Gasteiger partial charge on any atom is 0.348 e. The summed E-state index contributed by atoms with van der Waals surface area (Å²) < 4.78 is 28.8. The number of aromatic amines is 1. The maximum atomic E-state index is 12.7. The number of fused-ring (bicyclic) bond motifs is 1. The summed E-state index contributed by atoms with van der Waals surface area (Å²) in [5.74, 6) is 0.393. The van der Waals surface area contributed by atoms with Gasteiger partial charge >= 0.3 is 5.69 Å². The fourth-order valence-electron chi connectivity index (χ4n) is 3.18. The fourth-order valence-corrected chi connectivity index (χ4v) is 3.68. The van der Waals surface area contributed by atoms with Crippen LogP contribution in [0.4, 0.5) is 0 Å². The molecule has 0 spiro atoms. The monoisotopic (exact) mass is 367 g/mol. The third-order valence-electron chi connectivity index (χ3n) is 4.35. The largest absolute Gasteiger partial charge is 0.381 e. The van der Waals surface area contributed by atoms with E-state index in [1.807, 2.05) is 18.7 Å². The van der Waals surface area contributed by atoms with Gasteiger partial charge in [0.25, 0.3) is 5.56 Å². The molecule has 1 unspecified atom stereocenters. The van der Waals surface area contributed by atoms with Crippen molar-refractivity contribution < 1.29 is 13.2 Å². The Morgan fingerprint density at radius 2 is 2.04 bits per heavy atom. The zero-order valence-corrected chi connectivity index (χ0v) is 15.1. The lowest BCUT2D eigenvalue weighted by molar-refractivity contribution is 0.194. The van der Waals surface area contributed by atoms with Crippen molar-refractivity contribution in [1.29, 1.82) is 0 Å². The molecule has 1 aliphatic rings. The predicted octanol–water partition coefficient (Wildman–Crippen LogP) is 0.820. The summed E-state index contributed by atoms with van der Waals surface area (Å²) in [6.07, 6.45) is 1.75. The van der Waals surface area contributed by atoms with Crippen LogP contribution in [0.15, 0.2) is 21.7 Å². The van der Waals surface area contributed by atoms with Crippen LogP contribution in [-0.4, -0.2) is 37.5 Å². The van der Waals surface area contributed by atoms with Crippen molar-refractivity contribution in [3.63, 3.8) is 0 Å². The van der Waals surface area contributed by atoms with Crippen molar-refractivity contribution >= 4 is 20.9 Å². The van der Waals surface area contributed by atoms with Crippen LogP contribution in [0.5, 0.6) is 0 Å². The number of H-pyrrole nitrogens is 1. The molecule has 2 heterocycles. The topological polar surface area (TPSA) is 110 Å². The van der Waals surface area contributed by atoms with Gasteiger partial charge in [0.1, 0.15) is 0 Å². The number of ether oxygens (including phenoxy) is 1. The first-order valence-electron chi connectivity index (χ1n) is 8.06. The molecule has 0 radical (unpaired) electrons. The van der Waals surface area contributed by atoms with Crippen molar-refractivity contribution in [3.8, 4) is 0 Å². The van der Waals surface area contributed by atoms with E-state index in [0.717, 1.165) is 23.8 Å². The highest BCUT2D eigenvalue weighted by Gasteiger charge is 2.23. The van der Waals surface area contributed by atoms with Crippen LogP contribution in [0.25, 0.3) is 10.9 Å². The molecule has 0 saturated carbocycles. The molecule has 1 aliphatic heterocycles. The fraction of sp³-hybridized carbons (Fsp3) is 0.500. The quantitative estimate of drug-likeness (QED) is 0.831. The normalized spacial score (nSPS) is 18.2. The molecule has 3 rings (SSSR count). The summed E-state index contributed by atoms with van der Waals surface area (Å²) in [5.41, 5.74) is 0.934. The zero-order chi connectivity index (χ0) is 18.4. The number of sulfonamides is 1. The van der Waals surface area contributed by atoms with Crippen molar-refractivity contribution in [3.05, 3.63) is 44.1 Å². The Labute approximate surface area is 144 Å². The van der Waals surface area contributed by atoms with E-state index < -0.39 is 21.3 Å². The number of hydrogen-bond acceptors (Lipinski definition) is 5. The van der Waals surface area contributed by atoms with Crippen molar-refractivity contribution in [1.82, 2.24) is 9.66 Å². The Kier molecular flexibility index (Phi) is 4.46. The van der Waals surface area contributed by atoms with E-state index in [-0.39, 0.29) is 17.2 Å². The minimum atomic E-state index is -3.77. The van der Waals surface area contributed by atoms with Gasteiger partial charge in [-0.1, -0.05) is 13.8 Å². The summed E-state index contributed by atoms with van der Waals surface area (Å²) >= 11 is 0. The Morgan fingerprint density at radius 1 is 1.32 bits per heavy atom. The second kappa shape index (κ2) is 6.30. The first-order valence-corrected chi connectivity index (χ1v) is 9.95. The van der Waals surface area contributed by atoms with E-state index in [4.69, 9.17) is 4.74 Å². The molecule has 1 atom stereocenters. The van der Waals surface area contributed by atoms with E-state index in [0.29, 0.717) is 23.4 Å². The minimum Gasteiger partial charge on any atom is -0.381 e. The van der Waals surface area contributed by atoms with Gasteiger partial charge in [0, 0.05) is 12.5 Å². The van der Waals surface area contributed by atoms with Crippen LogP contribution in [0, 0.1) is 0 Å². The van der Waals surface area contributed by atoms with Crippen molar-refractivity contribution in [2.24, 2.45) is 0 Å². The lowest BCUT2D eigenvalue weighted by atomic mass is 9.87. The summed E-state index contributed by atoms with van der Waals surface area (Å²) in [6, 6.07) is 3.56. The molecule has 0 bridgehead atoms. The van der Waals surface area contributed by atoms with Gasteiger partial charge in [0.05, 0.1) is 23.8 Å². The average molecular weight is 367 g/mol. The van der Waals surface area contributed by atoms with E-state index in [2.05, 4.69) is 4.98 Å². The maximum absolute atomic E-state index is 12.7. The molecule has 1 aromatic heterocycles. The molecule has 2 aromatic rings. The predicted molar refractivity (Wildman–Crippen MR) is 95.3 cm³/mol. The van der Waals surface area contributed by atoms with Gasteiger partial charge in [-0.3, -0.25) is 4.79 Å². The third-order valence-corrected chi connectivity index (χ3v) is 4.86. The SMILES string of the molecule is CC(C)c1cc2[nH]c(=O)n(NS(C)(=O)=O)c(=O)c2cc1C1CCOC1. The van der Waals surface area contributed by atoms with Crippen LogP contribution in [0.2, 0.25) is 0 Å². The summed E-state index contributed by atoms with van der Waals surface area (Å²) in [4.78, 5) is 29.3. The second-order valence-corrected chi connectivity index (χ2v) is 8.40. The molecule has 8 nitrogen and oxygen atoms in total. The highest BCUT2D eigenvalue weighted by Crippen LogP contribution is 2.33.